The van der Waals surface area contributed by atoms with Gasteiger partial charge in [-0.05, 0) is 12.5 Å². The molecule has 0 bridgehead atoms. The van der Waals surface area contributed by atoms with Crippen molar-refractivity contribution in [2.45, 2.75) is 32.1 Å². The number of aryl methyl sites for hydroxylation is 1. The lowest BCUT2D eigenvalue weighted by atomic mass is 10.0. The van der Waals surface area contributed by atoms with Gasteiger partial charge in [-0.3, -0.25) is 14.6 Å². The minimum Gasteiger partial charge on any atom is -0.347 e. The first-order chi connectivity index (χ1) is 13.1. The molecule has 148 valence electrons. The number of hydrogen-bond acceptors (Lipinski definition) is 5. The molecular formula is C21H31N3O3. The summed E-state index contributed by atoms with van der Waals surface area (Å²) in [6.07, 6.45) is 1.59. The average Bonchev–Trinajstić information content (AvgIpc) is 3.13. The van der Waals surface area contributed by atoms with Crippen molar-refractivity contribution < 1.29 is 14.3 Å². The van der Waals surface area contributed by atoms with E-state index in [0.717, 1.165) is 58.7 Å². The zero-order chi connectivity index (χ0) is 18.7. The second kappa shape index (κ2) is 8.27. The summed E-state index contributed by atoms with van der Waals surface area (Å²) < 4.78 is 11.5. The summed E-state index contributed by atoms with van der Waals surface area (Å²) in [6.45, 7) is 10.5. The van der Waals surface area contributed by atoms with E-state index in [1.165, 1.54) is 11.1 Å². The maximum atomic E-state index is 12.7. The normalized spacial score (nSPS) is 23.8. The maximum absolute atomic E-state index is 12.7. The highest BCUT2D eigenvalue weighted by Gasteiger charge is 2.40. The smallest absolute Gasteiger partial charge is 0.236 e. The molecule has 3 fully saturated rings. The lowest BCUT2D eigenvalue weighted by molar-refractivity contribution is -0.187. The number of benzene rings is 1. The Labute approximate surface area is 162 Å². The fourth-order valence-electron chi connectivity index (χ4n) is 4.23. The van der Waals surface area contributed by atoms with Crippen LogP contribution in [0.1, 0.15) is 24.0 Å². The Morgan fingerprint density at radius 3 is 2.15 bits per heavy atom. The van der Waals surface area contributed by atoms with Crippen molar-refractivity contribution >= 4 is 5.91 Å². The molecule has 4 rings (SSSR count). The largest absolute Gasteiger partial charge is 0.347 e. The molecule has 3 aliphatic rings. The molecule has 1 spiro atoms. The highest BCUT2D eigenvalue weighted by Crippen LogP contribution is 2.31. The minimum atomic E-state index is -0.404. The quantitative estimate of drug-likeness (QED) is 0.800. The molecule has 0 atom stereocenters. The van der Waals surface area contributed by atoms with E-state index in [4.69, 9.17) is 9.47 Å². The Bertz CT molecular complexity index is 625. The van der Waals surface area contributed by atoms with Crippen LogP contribution in [0.15, 0.2) is 24.3 Å². The van der Waals surface area contributed by atoms with Crippen LogP contribution in [-0.2, 0) is 20.8 Å². The summed E-state index contributed by atoms with van der Waals surface area (Å²) in [5.41, 5.74) is 2.67. The number of piperidine rings is 1. The summed E-state index contributed by atoms with van der Waals surface area (Å²) in [5.74, 6) is -0.159. The van der Waals surface area contributed by atoms with E-state index < -0.39 is 5.79 Å². The van der Waals surface area contributed by atoms with Crippen molar-refractivity contribution in [3.05, 3.63) is 35.4 Å². The third-order valence-corrected chi connectivity index (χ3v) is 6.04. The number of hydrogen-bond donors (Lipinski definition) is 0. The Kier molecular flexibility index (Phi) is 5.78. The first kappa shape index (κ1) is 18.9. The van der Waals surface area contributed by atoms with Crippen LogP contribution in [0.3, 0.4) is 0 Å². The Morgan fingerprint density at radius 1 is 0.926 bits per heavy atom. The molecule has 6 heteroatoms. The first-order valence-corrected chi connectivity index (χ1v) is 10.2. The van der Waals surface area contributed by atoms with Crippen LogP contribution < -0.4 is 0 Å². The van der Waals surface area contributed by atoms with Crippen LogP contribution in [0.4, 0.5) is 0 Å². The maximum Gasteiger partial charge on any atom is 0.236 e. The van der Waals surface area contributed by atoms with E-state index >= 15 is 0 Å². The summed E-state index contributed by atoms with van der Waals surface area (Å²) in [6, 6.07) is 8.78. The van der Waals surface area contributed by atoms with E-state index in [1.54, 1.807) is 0 Å². The van der Waals surface area contributed by atoms with Crippen molar-refractivity contribution in [1.82, 2.24) is 14.7 Å². The van der Waals surface area contributed by atoms with E-state index in [1.807, 2.05) is 4.90 Å². The zero-order valence-electron chi connectivity index (χ0n) is 16.4. The molecule has 0 radical (unpaired) electrons. The second-order valence-electron chi connectivity index (χ2n) is 8.03. The third kappa shape index (κ3) is 4.69. The van der Waals surface area contributed by atoms with Gasteiger partial charge in [-0.1, -0.05) is 29.8 Å². The van der Waals surface area contributed by atoms with E-state index in [2.05, 4.69) is 41.0 Å². The Morgan fingerprint density at radius 2 is 1.52 bits per heavy atom. The van der Waals surface area contributed by atoms with E-state index in [0.29, 0.717) is 19.8 Å². The van der Waals surface area contributed by atoms with Gasteiger partial charge in [0, 0.05) is 58.7 Å². The number of amides is 1. The monoisotopic (exact) mass is 373 g/mol. The fourth-order valence-corrected chi connectivity index (χ4v) is 4.23. The van der Waals surface area contributed by atoms with Crippen molar-refractivity contribution in [1.29, 1.82) is 0 Å². The molecule has 1 aromatic carbocycles. The molecule has 6 nitrogen and oxygen atoms in total. The molecule has 0 unspecified atom stereocenters. The first-order valence-electron chi connectivity index (χ1n) is 10.2. The number of carbonyl (C=O) groups excluding carboxylic acids is 1. The van der Waals surface area contributed by atoms with Crippen LogP contribution >= 0.6 is 0 Å². The van der Waals surface area contributed by atoms with Gasteiger partial charge in [0.05, 0.1) is 19.8 Å². The van der Waals surface area contributed by atoms with Gasteiger partial charge in [-0.15, -0.1) is 0 Å². The second-order valence-corrected chi connectivity index (χ2v) is 8.03. The lowest BCUT2D eigenvalue weighted by Gasteiger charge is -2.39. The van der Waals surface area contributed by atoms with Gasteiger partial charge in [0.15, 0.2) is 5.79 Å². The van der Waals surface area contributed by atoms with Crippen LogP contribution in [0, 0.1) is 6.92 Å². The van der Waals surface area contributed by atoms with Gasteiger partial charge in [0.2, 0.25) is 5.91 Å². The predicted molar refractivity (Wildman–Crippen MR) is 103 cm³/mol. The number of carbonyl (C=O) groups is 1. The zero-order valence-corrected chi connectivity index (χ0v) is 16.4. The SMILES string of the molecule is Cc1ccc(CN2CCN(CC(=O)N3CCC4(CC3)OCCO4)CC2)cc1. The molecule has 0 aliphatic carbocycles. The van der Waals surface area contributed by atoms with E-state index in [-0.39, 0.29) is 5.91 Å². The van der Waals surface area contributed by atoms with Crippen molar-refractivity contribution in [3.8, 4) is 0 Å². The highest BCUT2D eigenvalue weighted by atomic mass is 16.7. The van der Waals surface area contributed by atoms with Crippen LogP contribution in [-0.4, -0.2) is 85.4 Å². The number of likely N-dealkylation sites (tertiary alicyclic amines) is 1. The van der Waals surface area contributed by atoms with Gasteiger partial charge in [0.25, 0.3) is 0 Å². The fraction of sp³-hybridized carbons (Fsp3) is 0.667. The molecule has 3 aliphatic heterocycles. The summed E-state index contributed by atoms with van der Waals surface area (Å²) in [5, 5.41) is 0. The minimum absolute atomic E-state index is 0.245. The Balaban J connectivity index is 1.19. The van der Waals surface area contributed by atoms with Gasteiger partial charge >= 0.3 is 0 Å². The predicted octanol–water partition coefficient (Wildman–Crippen LogP) is 1.48. The van der Waals surface area contributed by atoms with Crippen LogP contribution in [0.25, 0.3) is 0 Å². The molecule has 3 heterocycles. The molecule has 1 amide bonds. The molecule has 27 heavy (non-hydrogen) atoms. The summed E-state index contributed by atoms with van der Waals surface area (Å²) in [7, 11) is 0. The third-order valence-electron chi connectivity index (χ3n) is 6.04. The number of rotatable bonds is 4. The molecule has 1 aromatic rings. The van der Waals surface area contributed by atoms with Crippen molar-refractivity contribution in [2.24, 2.45) is 0 Å². The topological polar surface area (TPSA) is 45.2 Å². The van der Waals surface area contributed by atoms with Crippen molar-refractivity contribution in [3.63, 3.8) is 0 Å². The molecule has 3 saturated heterocycles. The van der Waals surface area contributed by atoms with E-state index in [9.17, 15) is 4.79 Å². The van der Waals surface area contributed by atoms with Crippen LogP contribution in [0.5, 0.6) is 0 Å². The highest BCUT2D eigenvalue weighted by molar-refractivity contribution is 5.78. The van der Waals surface area contributed by atoms with Crippen LogP contribution in [0.2, 0.25) is 0 Å². The lowest BCUT2D eigenvalue weighted by Crippen LogP contribution is -2.52. The van der Waals surface area contributed by atoms with Crippen molar-refractivity contribution in [2.75, 3.05) is 59.0 Å². The average molecular weight is 373 g/mol. The van der Waals surface area contributed by atoms with Gasteiger partial charge in [-0.25, -0.2) is 0 Å². The number of ether oxygens (including phenoxy) is 2. The molecule has 0 saturated carbocycles. The molecule has 0 aromatic heterocycles. The molecule has 0 N–H and O–H groups in total. The summed E-state index contributed by atoms with van der Waals surface area (Å²) >= 11 is 0. The number of piperazine rings is 1. The van der Waals surface area contributed by atoms with Gasteiger partial charge < -0.3 is 14.4 Å². The van der Waals surface area contributed by atoms with Gasteiger partial charge in [-0.2, -0.15) is 0 Å². The summed E-state index contributed by atoms with van der Waals surface area (Å²) in [4.78, 5) is 19.4. The standard InChI is InChI=1S/C21H31N3O3/c1-18-2-4-19(5-3-18)16-22-10-12-23(13-11-22)17-20(25)24-8-6-21(7-9-24)26-14-15-27-21/h2-5H,6-17H2,1H3. The number of nitrogens with zero attached hydrogens (tertiary/aromatic N) is 3. The van der Waals surface area contributed by atoms with Gasteiger partial charge in [0.1, 0.15) is 0 Å². The Hall–Kier alpha value is -1.47. The molecular weight excluding hydrogens is 342 g/mol.